The zero-order valence-corrected chi connectivity index (χ0v) is 17.5. The molecular weight excluding hydrogens is 336 g/mol. The Kier molecular flexibility index (Phi) is 4.79. The van der Waals surface area contributed by atoms with E-state index in [1.165, 1.54) is 45.6 Å². The molecule has 0 amide bonds. The maximum atomic E-state index is 12.4. The molecule has 27 heavy (non-hydrogen) atoms. The summed E-state index contributed by atoms with van der Waals surface area (Å²) in [6.45, 7) is 7.04. The molecule has 3 heteroatoms. The second-order valence-electron chi connectivity index (χ2n) is 10.3. The van der Waals surface area contributed by atoms with Gasteiger partial charge < -0.3 is 4.74 Å². The van der Waals surface area contributed by atoms with Gasteiger partial charge in [-0.05, 0) is 91.4 Å². The molecule has 0 aromatic carbocycles. The molecule has 0 N–H and O–H groups in total. The van der Waals surface area contributed by atoms with Crippen LogP contribution in [0.3, 0.4) is 0 Å². The number of fused-ring (bicyclic) bond motifs is 5. The highest BCUT2D eigenvalue weighted by Gasteiger charge is 2.60. The highest BCUT2D eigenvalue weighted by atomic mass is 16.5. The summed E-state index contributed by atoms with van der Waals surface area (Å²) < 4.78 is 5.16. The third kappa shape index (κ3) is 2.75. The third-order valence-corrected chi connectivity index (χ3v) is 9.54. The number of hydrogen-bond donors (Lipinski definition) is 0. The lowest BCUT2D eigenvalue weighted by atomic mass is 9.45. The van der Waals surface area contributed by atoms with Crippen LogP contribution in [0.15, 0.2) is 12.2 Å². The van der Waals surface area contributed by atoms with Crippen molar-refractivity contribution >= 4 is 11.8 Å². The average Bonchev–Trinajstić information content (AvgIpc) is 3.00. The van der Waals surface area contributed by atoms with Gasteiger partial charge in [-0.1, -0.05) is 26.8 Å². The van der Waals surface area contributed by atoms with E-state index in [4.69, 9.17) is 4.74 Å². The number of ketones is 1. The Morgan fingerprint density at radius 3 is 2.67 bits per heavy atom. The van der Waals surface area contributed by atoms with Crippen LogP contribution in [-0.4, -0.2) is 18.9 Å². The molecule has 0 radical (unpaired) electrons. The van der Waals surface area contributed by atoms with Gasteiger partial charge in [0.2, 0.25) is 0 Å². The summed E-state index contributed by atoms with van der Waals surface area (Å²) in [5, 5.41) is 0. The van der Waals surface area contributed by atoms with Gasteiger partial charge in [0, 0.05) is 6.42 Å². The summed E-state index contributed by atoms with van der Waals surface area (Å²) in [7, 11) is 1.54. The Morgan fingerprint density at radius 2 is 1.96 bits per heavy atom. The van der Waals surface area contributed by atoms with Crippen LogP contribution in [0.25, 0.3) is 0 Å². The van der Waals surface area contributed by atoms with Gasteiger partial charge in [-0.3, -0.25) is 9.59 Å². The predicted molar refractivity (Wildman–Crippen MR) is 106 cm³/mol. The number of methoxy groups -OCH3 is 1. The first-order valence-electron chi connectivity index (χ1n) is 11.1. The molecule has 0 saturated heterocycles. The first-order chi connectivity index (χ1) is 12.8. The molecule has 3 fully saturated rings. The highest BCUT2D eigenvalue weighted by molar-refractivity contribution is 5.91. The Bertz CT molecular complexity index is 652. The fraction of sp³-hybridized carbons (Fsp3) is 0.833. The summed E-state index contributed by atoms with van der Waals surface area (Å²) in [5.74, 6) is 3.56. The number of carbonyl (C=O) groups is 2. The van der Waals surface area contributed by atoms with Crippen molar-refractivity contribution in [2.75, 3.05) is 7.11 Å². The number of ether oxygens (including phenoxy) is 1. The van der Waals surface area contributed by atoms with Crippen molar-refractivity contribution in [2.24, 2.45) is 46.3 Å². The molecule has 3 nitrogen and oxygen atoms in total. The van der Waals surface area contributed by atoms with Gasteiger partial charge in [0.25, 0.3) is 0 Å². The molecule has 0 unspecified atom stereocenters. The van der Waals surface area contributed by atoms with Gasteiger partial charge in [-0.25, -0.2) is 0 Å². The molecule has 150 valence electrons. The molecular formula is C24H36O3. The second kappa shape index (κ2) is 6.74. The van der Waals surface area contributed by atoms with Gasteiger partial charge in [-0.2, -0.15) is 0 Å². The van der Waals surface area contributed by atoms with E-state index in [1.807, 2.05) is 6.08 Å². The van der Waals surface area contributed by atoms with Crippen LogP contribution < -0.4 is 0 Å². The summed E-state index contributed by atoms with van der Waals surface area (Å²) in [6.07, 6.45) is 13.2. The molecule has 0 aromatic heterocycles. The van der Waals surface area contributed by atoms with Gasteiger partial charge >= 0.3 is 5.97 Å². The zero-order chi connectivity index (χ0) is 19.4. The molecule has 4 rings (SSSR count). The van der Waals surface area contributed by atoms with Crippen LogP contribution in [0.5, 0.6) is 0 Å². The Labute approximate surface area is 164 Å². The fourth-order valence-corrected chi connectivity index (χ4v) is 8.10. The number of carbonyl (C=O) groups excluding carboxylic acids is 2. The topological polar surface area (TPSA) is 43.4 Å². The molecule has 0 bridgehead atoms. The van der Waals surface area contributed by atoms with Crippen molar-refractivity contribution in [1.82, 2.24) is 0 Å². The van der Waals surface area contributed by atoms with E-state index >= 15 is 0 Å². The minimum Gasteiger partial charge on any atom is -0.469 e. The van der Waals surface area contributed by atoms with Crippen LogP contribution in [-0.2, 0) is 14.3 Å². The fourth-order valence-electron chi connectivity index (χ4n) is 8.10. The SMILES string of the molecule is CC[C@@H](C(=O)OC)[C@H]1CC[C@H]2[C@@H]3CC[C@H]4CC(=O)C=C[C@]4(C)[C@H]3CC[C@]12C. The summed E-state index contributed by atoms with van der Waals surface area (Å²) in [5.41, 5.74) is 0.468. The molecule has 4 aliphatic carbocycles. The lowest BCUT2D eigenvalue weighted by molar-refractivity contribution is -0.151. The maximum absolute atomic E-state index is 12.4. The summed E-state index contributed by atoms with van der Waals surface area (Å²) >= 11 is 0. The van der Waals surface area contributed by atoms with Crippen molar-refractivity contribution < 1.29 is 14.3 Å². The molecule has 0 aromatic rings. The Balaban J connectivity index is 1.61. The van der Waals surface area contributed by atoms with Crippen LogP contribution in [0, 0.1) is 46.3 Å². The third-order valence-electron chi connectivity index (χ3n) is 9.54. The minimum absolute atomic E-state index is 0.00380. The monoisotopic (exact) mass is 372 g/mol. The second-order valence-corrected chi connectivity index (χ2v) is 10.3. The van der Waals surface area contributed by atoms with E-state index < -0.39 is 0 Å². The van der Waals surface area contributed by atoms with Crippen LogP contribution in [0.4, 0.5) is 0 Å². The van der Waals surface area contributed by atoms with E-state index in [-0.39, 0.29) is 22.7 Å². The largest absolute Gasteiger partial charge is 0.469 e. The predicted octanol–water partition coefficient (Wildman–Crippen LogP) is 5.19. The quantitative estimate of drug-likeness (QED) is 0.640. The Morgan fingerprint density at radius 1 is 1.19 bits per heavy atom. The van der Waals surface area contributed by atoms with Crippen LogP contribution in [0.1, 0.15) is 72.1 Å². The molecule has 3 saturated carbocycles. The number of hydrogen-bond acceptors (Lipinski definition) is 3. The van der Waals surface area contributed by atoms with Gasteiger partial charge in [-0.15, -0.1) is 0 Å². The lowest BCUT2D eigenvalue weighted by Crippen LogP contribution is -2.53. The number of rotatable bonds is 3. The zero-order valence-electron chi connectivity index (χ0n) is 17.5. The summed E-state index contributed by atoms with van der Waals surface area (Å²) in [6, 6.07) is 0. The molecule has 4 aliphatic rings. The molecule has 0 spiro atoms. The standard InChI is InChI=1S/C24H36O3/c1-5-17(22(26)27-4)19-8-9-20-18-7-6-15-14-16(25)10-12-23(15,2)21(18)11-13-24(19,20)3/h10,12,15,17-21H,5-9,11,13-14H2,1-4H3/t15-,17+,18-,19+,20-,21-,23-,24+/m0/s1. The average molecular weight is 373 g/mol. The van der Waals surface area contributed by atoms with Gasteiger partial charge in [0.1, 0.15) is 0 Å². The van der Waals surface area contributed by atoms with Gasteiger partial charge in [0.05, 0.1) is 13.0 Å². The van der Waals surface area contributed by atoms with E-state index in [9.17, 15) is 9.59 Å². The van der Waals surface area contributed by atoms with Crippen molar-refractivity contribution in [1.29, 1.82) is 0 Å². The Hall–Kier alpha value is -1.12. The molecule has 0 heterocycles. The van der Waals surface area contributed by atoms with E-state index in [0.29, 0.717) is 23.5 Å². The number of esters is 1. The van der Waals surface area contributed by atoms with Crippen molar-refractivity contribution in [3.63, 3.8) is 0 Å². The van der Waals surface area contributed by atoms with Crippen molar-refractivity contribution in [3.8, 4) is 0 Å². The lowest BCUT2D eigenvalue weighted by Gasteiger charge is -2.59. The van der Waals surface area contributed by atoms with E-state index in [0.717, 1.165) is 24.7 Å². The summed E-state index contributed by atoms with van der Waals surface area (Å²) in [4.78, 5) is 24.4. The van der Waals surface area contributed by atoms with Crippen molar-refractivity contribution in [3.05, 3.63) is 12.2 Å². The van der Waals surface area contributed by atoms with E-state index in [2.05, 4.69) is 26.8 Å². The smallest absolute Gasteiger partial charge is 0.308 e. The van der Waals surface area contributed by atoms with Crippen molar-refractivity contribution in [2.45, 2.75) is 72.1 Å². The van der Waals surface area contributed by atoms with Gasteiger partial charge in [0.15, 0.2) is 5.78 Å². The number of allylic oxidation sites excluding steroid dienone is 2. The van der Waals surface area contributed by atoms with Crippen LogP contribution in [0.2, 0.25) is 0 Å². The minimum atomic E-state index is -0.00380. The van der Waals surface area contributed by atoms with E-state index in [1.54, 1.807) is 0 Å². The first kappa shape index (κ1) is 19.2. The highest BCUT2D eigenvalue weighted by Crippen LogP contribution is 2.67. The molecule has 8 atom stereocenters. The molecule has 0 aliphatic heterocycles. The normalized spacial score (nSPS) is 47.0. The van der Waals surface area contributed by atoms with Crippen LogP contribution >= 0.6 is 0 Å². The first-order valence-corrected chi connectivity index (χ1v) is 11.1. The maximum Gasteiger partial charge on any atom is 0.308 e.